The lowest BCUT2D eigenvalue weighted by Gasteiger charge is -2.12. The fraction of sp³-hybridized carbons (Fsp3) is 0.235. The molecule has 1 aliphatic rings. The predicted molar refractivity (Wildman–Crippen MR) is 83.9 cm³/mol. The molecule has 2 rings (SSSR count). The van der Waals surface area contributed by atoms with Crippen molar-refractivity contribution in [2.75, 3.05) is 0 Å². The summed E-state index contributed by atoms with van der Waals surface area (Å²) in [5.74, 6) is -0.327. The minimum atomic E-state index is -0.333. The molecule has 0 saturated carbocycles. The Balaban J connectivity index is 2.10. The first-order valence-corrected chi connectivity index (χ1v) is 7.09. The summed E-state index contributed by atoms with van der Waals surface area (Å²) in [6.07, 6.45) is 8.59. The Labute approximate surface area is 134 Å². The summed E-state index contributed by atoms with van der Waals surface area (Å²) in [6.45, 7) is 1.45. The lowest BCUT2D eigenvalue weighted by atomic mass is 10.1. The summed E-state index contributed by atoms with van der Waals surface area (Å²) in [4.78, 5) is 16.2. The van der Waals surface area contributed by atoms with Crippen LogP contribution in [0.3, 0.4) is 0 Å². The highest BCUT2D eigenvalue weighted by atomic mass is 16.3. The SMILES string of the molecule is Cc1ncc(CNC(=O)C2=CC=C(C#N)C=CC2)c(CO)c1O. The molecule has 23 heavy (non-hydrogen) atoms. The van der Waals surface area contributed by atoms with Gasteiger partial charge in [0.25, 0.3) is 0 Å². The van der Waals surface area contributed by atoms with Crippen molar-refractivity contribution < 1.29 is 15.0 Å². The fourth-order valence-corrected chi connectivity index (χ4v) is 2.17. The van der Waals surface area contributed by atoms with Gasteiger partial charge in [0.05, 0.1) is 23.9 Å². The Morgan fingerprint density at radius 2 is 2.26 bits per heavy atom. The van der Waals surface area contributed by atoms with Crippen molar-refractivity contribution >= 4 is 5.91 Å². The lowest BCUT2D eigenvalue weighted by Crippen LogP contribution is -2.25. The first-order chi connectivity index (χ1) is 11.1. The number of hydrogen-bond donors (Lipinski definition) is 3. The van der Waals surface area contributed by atoms with E-state index in [1.807, 2.05) is 6.07 Å². The maximum Gasteiger partial charge on any atom is 0.247 e. The van der Waals surface area contributed by atoms with Crippen LogP contribution in [0.15, 0.2) is 41.6 Å². The number of pyridine rings is 1. The molecule has 6 nitrogen and oxygen atoms in total. The van der Waals surface area contributed by atoms with Gasteiger partial charge < -0.3 is 15.5 Å². The van der Waals surface area contributed by atoms with Crippen molar-refractivity contribution in [3.8, 4) is 11.8 Å². The van der Waals surface area contributed by atoms with Crippen LogP contribution in [0.5, 0.6) is 5.75 Å². The molecule has 6 heteroatoms. The Bertz CT molecular complexity index is 755. The highest BCUT2D eigenvalue weighted by Crippen LogP contribution is 2.23. The van der Waals surface area contributed by atoms with Crippen LogP contribution in [0.2, 0.25) is 0 Å². The topological polar surface area (TPSA) is 106 Å². The van der Waals surface area contributed by atoms with Crippen LogP contribution in [0, 0.1) is 18.3 Å². The lowest BCUT2D eigenvalue weighted by molar-refractivity contribution is -0.117. The molecule has 0 aliphatic heterocycles. The van der Waals surface area contributed by atoms with Gasteiger partial charge >= 0.3 is 0 Å². The number of aromatic nitrogens is 1. The molecule has 1 amide bonds. The van der Waals surface area contributed by atoms with E-state index in [0.29, 0.717) is 34.4 Å². The van der Waals surface area contributed by atoms with Crippen molar-refractivity contribution in [1.82, 2.24) is 10.3 Å². The van der Waals surface area contributed by atoms with E-state index in [-0.39, 0.29) is 24.8 Å². The monoisotopic (exact) mass is 311 g/mol. The number of aromatic hydroxyl groups is 1. The Kier molecular flexibility index (Phi) is 5.28. The molecule has 0 spiro atoms. The quantitative estimate of drug-likeness (QED) is 0.782. The first kappa shape index (κ1) is 16.5. The fourth-order valence-electron chi connectivity index (χ4n) is 2.17. The molecular formula is C17H17N3O3. The van der Waals surface area contributed by atoms with Crippen LogP contribution in [0.25, 0.3) is 0 Å². The second kappa shape index (κ2) is 7.38. The van der Waals surface area contributed by atoms with E-state index in [4.69, 9.17) is 5.26 Å². The largest absolute Gasteiger partial charge is 0.506 e. The van der Waals surface area contributed by atoms with Crippen LogP contribution in [-0.4, -0.2) is 21.1 Å². The third-order valence-corrected chi connectivity index (χ3v) is 3.55. The molecule has 3 N–H and O–H groups in total. The van der Waals surface area contributed by atoms with Gasteiger partial charge in [-0.25, -0.2) is 0 Å². The summed E-state index contributed by atoms with van der Waals surface area (Å²) in [6, 6.07) is 2.02. The number of nitrogens with zero attached hydrogens (tertiary/aromatic N) is 2. The van der Waals surface area contributed by atoms with E-state index >= 15 is 0 Å². The predicted octanol–water partition coefficient (Wildman–Crippen LogP) is 1.54. The Hall–Kier alpha value is -2.91. The van der Waals surface area contributed by atoms with Gasteiger partial charge in [0.1, 0.15) is 5.75 Å². The van der Waals surface area contributed by atoms with Crippen LogP contribution >= 0.6 is 0 Å². The highest BCUT2D eigenvalue weighted by molar-refractivity contribution is 5.94. The minimum absolute atomic E-state index is 0.0579. The van der Waals surface area contributed by atoms with Crippen LogP contribution in [0.1, 0.15) is 23.2 Å². The van der Waals surface area contributed by atoms with Gasteiger partial charge in [0, 0.05) is 23.9 Å². The zero-order valence-corrected chi connectivity index (χ0v) is 12.7. The number of aliphatic hydroxyl groups excluding tert-OH is 1. The summed E-state index contributed by atoms with van der Waals surface area (Å²) >= 11 is 0. The molecule has 0 saturated heterocycles. The van der Waals surface area contributed by atoms with Crippen molar-refractivity contribution in [1.29, 1.82) is 5.26 Å². The van der Waals surface area contributed by atoms with Crippen LogP contribution < -0.4 is 5.32 Å². The van der Waals surface area contributed by atoms with Crippen molar-refractivity contribution in [3.63, 3.8) is 0 Å². The van der Waals surface area contributed by atoms with Gasteiger partial charge in [-0.05, 0) is 31.1 Å². The number of nitriles is 1. The van der Waals surface area contributed by atoms with Crippen molar-refractivity contribution in [2.45, 2.75) is 26.5 Å². The summed E-state index contributed by atoms with van der Waals surface area (Å²) in [5.41, 5.74) is 2.36. The number of hydrogen-bond acceptors (Lipinski definition) is 5. The minimum Gasteiger partial charge on any atom is -0.506 e. The zero-order valence-electron chi connectivity index (χ0n) is 12.7. The molecular weight excluding hydrogens is 294 g/mol. The molecule has 0 fully saturated rings. The van der Waals surface area contributed by atoms with Gasteiger partial charge in [-0.3, -0.25) is 9.78 Å². The number of aryl methyl sites for hydroxylation is 1. The van der Waals surface area contributed by atoms with Gasteiger partial charge in [0.2, 0.25) is 5.91 Å². The number of carbonyl (C=O) groups is 1. The molecule has 0 unspecified atom stereocenters. The maximum atomic E-state index is 12.2. The molecule has 0 aromatic carbocycles. The second-order valence-corrected chi connectivity index (χ2v) is 5.07. The number of rotatable bonds is 4. The molecule has 118 valence electrons. The average molecular weight is 311 g/mol. The summed E-state index contributed by atoms with van der Waals surface area (Å²) in [5, 5.41) is 30.8. The number of allylic oxidation sites excluding steroid dienone is 5. The van der Waals surface area contributed by atoms with Gasteiger partial charge in [-0.2, -0.15) is 5.26 Å². The average Bonchev–Trinajstić information content (AvgIpc) is 2.81. The number of carbonyl (C=O) groups excluding carboxylic acids is 1. The summed E-state index contributed by atoms with van der Waals surface area (Å²) < 4.78 is 0. The third-order valence-electron chi connectivity index (χ3n) is 3.55. The van der Waals surface area contributed by atoms with E-state index < -0.39 is 0 Å². The van der Waals surface area contributed by atoms with Gasteiger partial charge in [-0.1, -0.05) is 12.2 Å². The second-order valence-electron chi connectivity index (χ2n) is 5.07. The number of nitrogens with one attached hydrogen (secondary N) is 1. The van der Waals surface area contributed by atoms with E-state index in [2.05, 4.69) is 10.3 Å². The van der Waals surface area contributed by atoms with Crippen LogP contribution in [0.4, 0.5) is 0 Å². The van der Waals surface area contributed by atoms with Gasteiger partial charge in [-0.15, -0.1) is 0 Å². The van der Waals surface area contributed by atoms with E-state index in [0.717, 1.165) is 0 Å². The smallest absolute Gasteiger partial charge is 0.247 e. The van der Waals surface area contributed by atoms with Crippen molar-refractivity contribution in [2.24, 2.45) is 0 Å². The molecule has 1 aromatic heterocycles. The highest BCUT2D eigenvalue weighted by Gasteiger charge is 2.13. The maximum absolute atomic E-state index is 12.2. The van der Waals surface area contributed by atoms with Gasteiger partial charge in [0.15, 0.2) is 0 Å². The number of amides is 1. The Morgan fingerprint density at radius 1 is 1.48 bits per heavy atom. The third kappa shape index (κ3) is 3.84. The molecule has 0 radical (unpaired) electrons. The molecule has 0 bridgehead atoms. The Morgan fingerprint density at radius 3 is 2.96 bits per heavy atom. The molecule has 0 atom stereocenters. The van der Waals surface area contributed by atoms with E-state index in [1.54, 1.807) is 31.2 Å². The molecule has 1 heterocycles. The molecule has 1 aliphatic carbocycles. The number of aliphatic hydroxyl groups is 1. The summed E-state index contributed by atoms with van der Waals surface area (Å²) in [7, 11) is 0. The van der Waals surface area contributed by atoms with E-state index in [1.165, 1.54) is 6.20 Å². The normalized spacial score (nSPS) is 13.6. The van der Waals surface area contributed by atoms with Crippen LogP contribution in [-0.2, 0) is 17.9 Å². The van der Waals surface area contributed by atoms with Crippen molar-refractivity contribution in [3.05, 3.63) is 58.5 Å². The first-order valence-electron chi connectivity index (χ1n) is 7.09. The molecule has 1 aromatic rings. The zero-order chi connectivity index (χ0) is 16.8. The van der Waals surface area contributed by atoms with E-state index in [9.17, 15) is 15.0 Å². The standard InChI is InChI=1S/C17H17N3O3/c1-11-16(22)15(10-21)14(8-19-11)9-20-17(23)13-4-2-3-12(7-18)5-6-13/h2-3,5-6,8,21-22H,4,9-10H2,1H3,(H,20,23).